The van der Waals surface area contributed by atoms with Crippen molar-refractivity contribution in [3.8, 4) is 0 Å². The molecule has 0 atom stereocenters. The van der Waals surface area contributed by atoms with Crippen LogP contribution in [0.1, 0.15) is 11.1 Å². The number of hydrogen-bond donors (Lipinski definition) is 1. The summed E-state index contributed by atoms with van der Waals surface area (Å²) in [4.78, 5) is 29.2. The highest BCUT2D eigenvalue weighted by Gasteiger charge is 2.14. The largest absolute Gasteiger partial charge is 0.325 e. The third kappa shape index (κ3) is 3.52. The van der Waals surface area contributed by atoms with E-state index in [1.807, 2.05) is 49.4 Å². The number of hydrogen-bond acceptors (Lipinski definition) is 5. The summed E-state index contributed by atoms with van der Waals surface area (Å²) in [5, 5.41) is 10.8. The van der Waals surface area contributed by atoms with Gasteiger partial charge in [-0.15, -0.1) is 5.10 Å². The minimum absolute atomic E-state index is 0.142. The zero-order valence-electron chi connectivity index (χ0n) is 15.2. The lowest BCUT2D eigenvalue weighted by atomic mass is 10.1. The molecule has 0 aliphatic heterocycles. The van der Waals surface area contributed by atoms with Crippen molar-refractivity contribution in [3.05, 3.63) is 82.4 Å². The molecular weight excluding hydrogens is 356 g/mol. The second-order valence-corrected chi connectivity index (χ2v) is 6.44. The van der Waals surface area contributed by atoms with E-state index in [9.17, 15) is 9.59 Å². The molecule has 0 bridgehead atoms. The molecule has 8 nitrogen and oxygen atoms in total. The number of amides is 1. The van der Waals surface area contributed by atoms with Crippen molar-refractivity contribution >= 4 is 22.8 Å². The lowest BCUT2D eigenvalue weighted by molar-refractivity contribution is -0.116. The van der Waals surface area contributed by atoms with E-state index in [0.29, 0.717) is 17.9 Å². The van der Waals surface area contributed by atoms with Crippen molar-refractivity contribution in [2.75, 3.05) is 5.32 Å². The molecule has 0 saturated carbocycles. The minimum Gasteiger partial charge on any atom is -0.325 e. The first-order chi connectivity index (χ1) is 13.6. The molecule has 2 heterocycles. The Kier molecular flexibility index (Phi) is 4.67. The molecule has 1 amide bonds. The van der Waals surface area contributed by atoms with Gasteiger partial charge in [0, 0.05) is 5.69 Å². The van der Waals surface area contributed by atoms with Crippen molar-refractivity contribution in [2.45, 2.75) is 20.0 Å². The van der Waals surface area contributed by atoms with Crippen LogP contribution in [0.2, 0.25) is 0 Å². The average Bonchev–Trinajstić information content (AvgIpc) is 3.10. The predicted molar refractivity (Wildman–Crippen MR) is 105 cm³/mol. The lowest BCUT2D eigenvalue weighted by Crippen LogP contribution is -2.28. The maximum Gasteiger partial charge on any atom is 0.283 e. The van der Waals surface area contributed by atoms with E-state index in [4.69, 9.17) is 0 Å². The monoisotopic (exact) mass is 374 g/mol. The van der Waals surface area contributed by atoms with Gasteiger partial charge in [0.05, 0.1) is 6.54 Å². The summed E-state index contributed by atoms with van der Waals surface area (Å²) in [6, 6.07) is 17.0. The van der Waals surface area contributed by atoms with Gasteiger partial charge in [0.15, 0.2) is 11.2 Å². The molecule has 0 unspecified atom stereocenters. The van der Waals surface area contributed by atoms with Crippen LogP contribution in [-0.2, 0) is 17.9 Å². The van der Waals surface area contributed by atoms with Gasteiger partial charge in [0.25, 0.3) is 5.56 Å². The Balaban J connectivity index is 1.57. The molecular formula is C20H18N6O2. The van der Waals surface area contributed by atoms with E-state index in [-0.39, 0.29) is 18.0 Å². The maximum atomic E-state index is 12.7. The molecule has 8 heteroatoms. The van der Waals surface area contributed by atoms with Crippen LogP contribution >= 0.6 is 0 Å². The number of benzene rings is 2. The summed E-state index contributed by atoms with van der Waals surface area (Å²) < 4.78 is 2.82. The highest BCUT2D eigenvalue weighted by molar-refractivity contribution is 5.90. The number of anilines is 1. The van der Waals surface area contributed by atoms with Crippen molar-refractivity contribution in [3.63, 3.8) is 0 Å². The van der Waals surface area contributed by atoms with E-state index in [1.54, 1.807) is 16.8 Å². The summed E-state index contributed by atoms with van der Waals surface area (Å²) in [6.45, 7) is 2.33. The molecule has 1 N–H and O–H groups in total. The second kappa shape index (κ2) is 7.43. The van der Waals surface area contributed by atoms with Crippen LogP contribution in [0.15, 0.2) is 65.7 Å². The number of aryl methyl sites for hydroxylation is 1. The molecule has 0 spiro atoms. The number of nitrogens with zero attached hydrogens (tertiary/aromatic N) is 5. The molecule has 140 valence electrons. The number of para-hydroxylation sites is 1. The summed E-state index contributed by atoms with van der Waals surface area (Å²) in [7, 11) is 0. The van der Waals surface area contributed by atoms with Gasteiger partial charge in [-0.05, 0) is 30.2 Å². The summed E-state index contributed by atoms with van der Waals surface area (Å²) in [5.74, 6) is -0.318. The number of nitrogens with one attached hydrogen (secondary N) is 1. The van der Waals surface area contributed by atoms with Gasteiger partial charge in [-0.3, -0.25) is 14.2 Å². The SMILES string of the molecule is Cc1ccccc1Cn1nnc2c(=O)n(CC(=O)Nc3ccccc3)cnc21. The molecule has 0 fully saturated rings. The van der Waals surface area contributed by atoms with Gasteiger partial charge in [0.1, 0.15) is 12.9 Å². The zero-order valence-corrected chi connectivity index (χ0v) is 15.2. The highest BCUT2D eigenvalue weighted by Crippen LogP contribution is 2.11. The Morgan fingerprint density at radius 3 is 2.61 bits per heavy atom. The standard InChI is InChI=1S/C20H18N6O2/c1-14-7-5-6-8-15(14)11-26-19-18(23-24-26)20(28)25(13-21-19)12-17(27)22-16-9-3-2-4-10-16/h2-10,13H,11-12H2,1H3,(H,22,27). The van der Waals surface area contributed by atoms with Gasteiger partial charge >= 0.3 is 0 Å². The van der Waals surface area contributed by atoms with Crippen LogP contribution in [0, 0.1) is 6.92 Å². The minimum atomic E-state index is -0.399. The summed E-state index contributed by atoms with van der Waals surface area (Å²) >= 11 is 0. The van der Waals surface area contributed by atoms with Crippen molar-refractivity contribution < 1.29 is 4.79 Å². The molecule has 4 aromatic rings. The first-order valence-corrected chi connectivity index (χ1v) is 8.80. The predicted octanol–water partition coefficient (Wildman–Crippen LogP) is 1.98. The van der Waals surface area contributed by atoms with Crippen LogP contribution in [0.5, 0.6) is 0 Å². The molecule has 0 aliphatic carbocycles. The third-order valence-corrected chi connectivity index (χ3v) is 4.44. The fourth-order valence-electron chi connectivity index (χ4n) is 2.93. The zero-order chi connectivity index (χ0) is 19.5. The van der Waals surface area contributed by atoms with E-state index in [1.165, 1.54) is 10.9 Å². The lowest BCUT2D eigenvalue weighted by Gasteiger charge is -2.07. The van der Waals surface area contributed by atoms with Crippen LogP contribution < -0.4 is 10.9 Å². The number of fused-ring (bicyclic) bond motifs is 1. The molecule has 2 aromatic heterocycles. The normalized spacial score (nSPS) is 10.9. The van der Waals surface area contributed by atoms with E-state index < -0.39 is 5.56 Å². The third-order valence-electron chi connectivity index (χ3n) is 4.44. The fraction of sp³-hybridized carbons (Fsp3) is 0.150. The van der Waals surface area contributed by atoms with Gasteiger partial charge < -0.3 is 5.32 Å². The van der Waals surface area contributed by atoms with Gasteiger partial charge in [-0.1, -0.05) is 47.7 Å². The van der Waals surface area contributed by atoms with Crippen molar-refractivity contribution in [1.82, 2.24) is 24.5 Å². The average molecular weight is 374 g/mol. The first kappa shape index (κ1) is 17.6. The fourth-order valence-corrected chi connectivity index (χ4v) is 2.93. The Bertz CT molecular complexity index is 1200. The van der Waals surface area contributed by atoms with Crippen LogP contribution in [0.4, 0.5) is 5.69 Å². The maximum absolute atomic E-state index is 12.7. The molecule has 0 aliphatic rings. The smallest absolute Gasteiger partial charge is 0.283 e. The van der Waals surface area contributed by atoms with Crippen LogP contribution in [0.25, 0.3) is 11.2 Å². The Morgan fingerprint density at radius 2 is 1.82 bits per heavy atom. The summed E-state index contributed by atoms with van der Waals surface area (Å²) in [6.07, 6.45) is 1.35. The molecule has 0 radical (unpaired) electrons. The Labute approximate surface area is 160 Å². The summed E-state index contributed by atoms with van der Waals surface area (Å²) in [5.41, 5.74) is 3.00. The van der Waals surface area contributed by atoms with E-state index in [2.05, 4.69) is 20.6 Å². The highest BCUT2D eigenvalue weighted by atomic mass is 16.2. The molecule has 0 saturated heterocycles. The molecule has 2 aromatic carbocycles. The topological polar surface area (TPSA) is 94.7 Å². The number of carbonyl (C=O) groups excluding carboxylic acids is 1. The van der Waals surface area contributed by atoms with E-state index in [0.717, 1.165) is 11.1 Å². The number of rotatable bonds is 5. The van der Waals surface area contributed by atoms with Crippen molar-refractivity contribution in [2.24, 2.45) is 0 Å². The van der Waals surface area contributed by atoms with Gasteiger partial charge in [-0.2, -0.15) is 0 Å². The van der Waals surface area contributed by atoms with Crippen LogP contribution in [-0.4, -0.2) is 30.5 Å². The molecule has 28 heavy (non-hydrogen) atoms. The van der Waals surface area contributed by atoms with Crippen molar-refractivity contribution in [1.29, 1.82) is 0 Å². The second-order valence-electron chi connectivity index (χ2n) is 6.44. The quantitative estimate of drug-likeness (QED) is 0.576. The van der Waals surface area contributed by atoms with Crippen LogP contribution in [0.3, 0.4) is 0 Å². The number of carbonyl (C=O) groups is 1. The van der Waals surface area contributed by atoms with Gasteiger partial charge in [-0.25, -0.2) is 9.67 Å². The first-order valence-electron chi connectivity index (χ1n) is 8.80. The Morgan fingerprint density at radius 1 is 1.07 bits per heavy atom. The number of aromatic nitrogens is 5. The Hall–Kier alpha value is -3.81. The molecule has 4 rings (SSSR count). The van der Waals surface area contributed by atoms with E-state index >= 15 is 0 Å². The van der Waals surface area contributed by atoms with Gasteiger partial charge in [0.2, 0.25) is 5.91 Å².